The van der Waals surface area contributed by atoms with Crippen molar-refractivity contribution in [2.45, 2.75) is 19.3 Å². The van der Waals surface area contributed by atoms with Gasteiger partial charge in [0, 0.05) is 0 Å². The lowest BCUT2D eigenvalue weighted by atomic mass is 10.1. The first kappa shape index (κ1) is 11.6. The van der Waals surface area contributed by atoms with Crippen LogP contribution in [0.3, 0.4) is 0 Å². The quantitative estimate of drug-likeness (QED) is 0.798. The highest BCUT2D eigenvalue weighted by atomic mass is 79.9. The average molecular weight is 287 g/mol. The van der Waals surface area contributed by atoms with E-state index in [-0.39, 0.29) is 23.6 Å². The van der Waals surface area contributed by atoms with Gasteiger partial charge in [-0.25, -0.2) is 4.39 Å². The Hall–Kier alpha value is -0.900. The number of carbonyl (C=O) groups excluding carboxylic acids is 1. The predicted octanol–water partition coefficient (Wildman–Crippen LogP) is 3.25. The Morgan fingerprint density at radius 1 is 1.62 bits per heavy atom. The third kappa shape index (κ3) is 2.26. The van der Waals surface area contributed by atoms with Crippen molar-refractivity contribution in [2.75, 3.05) is 6.61 Å². The van der Waals surface area contributed by atoms with Crippen LogP contribution in [0, 0.1) is 11.7 Å². The van der Waals surface area contributed by atoms with Crippen molar-refractivity contribution >= 4 is 21.9 Å². The topological polar surface area (TPSA) is 26.3 Å². The number of hydrogen-bond donors (Lipinski definition) is 0. The summed E-state index contributed by atoms with van der Waals surface area (Å²) >= 11 is 3.10. The number of benzene rings is 1. The molecule has 0 spiro atoms. The number of hydrogen-bond acceptors (Lipinski definition) is 2. The summed E-state index contributed by atoms with van der Waals surface area (Å²) in [5.41, 5.74) is 0.874. The highest BCUT2D eigenvalue weighted by Gasteiger charge is 2.45. The molecule has 1 aliphatic carbocycles. The van der Waals surface area contributed by atoms with Crippen LogP contribution in [0.15, 0.2) is 22.7 Å². The van der Waals surface area contributed by atoms with Crippen molar-refractivity contribution in [3.63, 3.8) is 0 Å². The zero-order valence-electron chi connectivity index (χ0n) is 8.87. The Morgan fingerprint density at radius 2 is 2.38 bits per heavy atom. The van der Waals surface area contributed by atoms with Crippen LogP contribution in [0.2, 0.25) is 0 Å². The number of carbonyl (C=O) groups is 1. The molecule has 0 N–H and O–H groups in total. The molecule has 2 nitrogen and oxygen atoms in total. The van der Waals surface area contributed by atoms with Gasteiger partial charge in [0.2, 0.25) is 0 Å². The summed E-state index contributed by atoms with van der Waals surface area (Å²) in [4.78, 5) is 11.4. The average Bonchev–Trinajstić information content (AvgIpc) is 3.02. The lowest BCUT2D eigenvalue weighted by molar-refractivity contribution is -0.144. The van der Waals surface area contributed by atoms with Crippen LogP contribution in [0.4, 0.5) is 4.39 Å². The lowest BCUT2D eigenvalue weighted by Gasteiger charge is -2.02. The molecular formula is C12H12BrFO2. The van der Waals surface area contributed by atoms with Crippen molar-refractivity contribution < 1.29 is 13.9 Å². The van der Waals surface area contributed by atoms with E-state index < -0.39 is 0 Å². The molecule has 4 heteroatoms. The smallest absolute Gasteiger partial charge is 0.309 e. The summed E-state index contributed by atoms with van der Waals surface area (Å²) < 4.78 is 18.7. The summed E-state index contributed by atoms with van der Waals surface area (Å²) in [6.45, 7) is 2.19. The molecule has 1 aromatic rings. The number of esters is 1. The van der Waals surface area contributed by atoms with Crippen molar-refractivity contribution in [3.8, 4) is 0 Å². The van der Waals surface area contributed by atoms with E-state index in [2.05, 4.69) is 15.9 Å². The van der Waals surface area contributed by atoms with Crippen molar-refractivity contribution in [2.24, 2.45) is 5.92 Å². The Kier molecular flexibility index (Phi) is 3.28. The van der Waals surface area contributed by atoms with Crippen LogP contribution in [0.5, 0.6) is 0 Å². The maximum atomic E-state index is 13.3. The highest BCUT2D eigenvalue weighted by Crippen LogP contribution is 2.48. The minimum absolute atomic E-state index is 0.0828. The molecule has 0 bridgehead atoms. The normalized spacial score (nSPS) is 22.9. The second-order valence-corrected chi connectivity index (χ2v) is 4.73. The van der Waals surface area contributed by atoms with Gasteiger partial charge in [0.25, 0.3) is 0 Å². The fourth-order valence-corrected chi connectivity index (χ4v) is 2.06. The molecule has 1 fully saturated rings. The van der Waals surface area contributed by atoms with Crippen LogP contribution >= 0.6 is 15.9 Å². The summed E-state index contributed by atoms with van der Waals surface area (Å²) in [6.07, 6.45) is 0.764. The molecule has 0 amide bonds. The first-order chi connectivity index (χ1) is 7.63. The van der Waals surface area contributed by atoms with Crippen molar-refractivity contribution in [1.82, 2.24) is 0 Å². The van der Waals surface area contributed by atoms with Crippen molar-refractivity contribution in [3.05, 3.63) is 34.1 Å². The molecule has 2 rings (SSSR count). The maximum Gasteiger partial charge on any atom is 0.309 e. The zero-order valence-corrected chi connectivity index (χ0v) is 10.5. The van der Waals surface area contributed by atoms with Crippen LogP contribution in [-0.2, 0) is 9.53 Å². The second-order valence-electron chi connectivity index (χ2n) is 3.87. The third-order valence-corrected chi connectivity index (χ3v) is 3.39. The molecule has 2 atom stereocenters. The summed E-state index contributed by atoms with van der Waals surface area (Å²) in [5, 5.41) is 0. The summed E-state index contributed by atoms with van der Waals surface area (Å²) in [5.74, 6) is -0.412. The van der Waals surface area contributed by atoms with Gasteiger partial charge < -0.3 is 4.74 Å². The lowest BCUT2D eigenvalue weighted by Crippen LogP contribution is -2.07. The largest absolute Gasteiger partial charge is 0.466 e. The molecule has 1 unspecified atom stereocenters. The van der Waals surface area contributed by atoms with Gasteiger partial charge in [0.15, 0.2) is 0 Å². The van der Waals surface area contributed by atoms with Gasteiger partial charge in [-0.2, -0.15) is 0 Å². The molecule has 1 saturated carbocycles. The molecule has 0 aliphatic heterocycles. The zero-order chi connectivity index (χ0) is 11.7. The minimum Gasteiger partial charge on any atom is -0.466 e. The summed E-state index contributed by atoms with van der Waals surface area (Å²) in [6, 6.07) is 5.00. The van der Waals surface area contributed by atoms with Gasteiger partial charge >= 0.3 is 5.97 Å². The van der Waals surface area contributed by atoms with E-state index in [1.165, 1.54) is 6.07 Å². The monoisotopic (exact) mass is 286 g/mol. The van der Waals surface area contributed by atoms with Gasteiger partial charge in [-0.15, -0.1) is 0 Å². The number of ether oxygens (including phenoxy) is 1. The highest BCUT2D eigenvalue weighted by molar-refractivity contribution is 9.10. The fraction of sp³-hybridized carbons (Fsp3) is 0.417. The van der Waals surface area contributed by atoms with Crippen LogP contribution in [0.25, 0.3) is 0 Å². The molecule has 1 aliphatic rings. The van der Waals surface area contributed by atoms with E-state index in [9.17, 15) is 9.18 Å². The van der Waals surface area contributed by atoms with Gasteiger partial charge in [-0.05, 0) is 52.9 Å². The number of halogens is 2. The van der Waals surface area contributed by atoms with Gasteiger partial charge in [-0.3, -0.25) is 4.79 Å². The SMILES string of the molecule is CCOC(=O)C1C[C@H]1c1ccc(Br)c(F)c1. The first-order valence-corrected chi connectivity index (χ1v) is 6.04. The van der Waals surface area contributed by atoms with E-state index in [4.69, 9.17) is 4.74 Å². The Bertz CT molecular complexity index is 419. The summed E-state index contributed by atoms with van der Waals surface area (Å²) in [7, 11) is 0. The molecule has 0 aromatic heterocycles. The Balaban J connectivity index is 2.06. The minimum atomic E-state index is -0.285. The Labute approximate surface area is 102 Å². The van der Waals surface area contributed by atoms with Crippen molar-refractivity contribution in [1.29, 1.82) is 0 Å². The molecule has 16 heavy (non-hydrogen) atoms. The molecule has 0 saturated heterocycles. The molecular weight excluding hydrogens is 275 g/mol. The van der Waals surface area contributed by atoms with Gasteiger partial charge in [-0.1, -0.05) is 6.07 Å². The van der Waals surface area contributed by atoms with E-state index >= 15 is 0 Å². The van der Waals surface area contributed by atoms with Gasteiger partial charge in [0.1, 0.15) is 5.82 Å². The van der Waals surface area contributed by atoms with Crippen LogP contribution in [-0.4, -0.2) is 12.6 Å². The first-order valence-electron chi connectivity index (χ1n) is 5.25. The number of rotatable bonds is 3. The van der Waals surface area contributed by atoms with E-state index in [0.29, 0.717) is 11.1 Å². The maximum absolute atomic E-state index is 13.3. The molecule has 1 aromatic carbocycles. The van der Waals surface area contributed by atoms with Crippen LogP contribution in [0.1, 0.15) is 24.8 Å². The molecule has 86 valence electrons. The standard InChI is InChI=1S/C12H12BrFO2/c1-2-16-12(15)9-6-8(9)7-3-4-10(13)11(14)5-7/h3-5,8-9H,2,6H2,1H3/t8-,9?/m0/s1. The van der Waals surface area contributed by atoms with Crippen LogP contribution < -0.4 is 0 Å². The second kappa shape index (κ2) is 4.53. The fourth-order valence-electron chi connectivity index (χ4n) is 1.82. The van der Waals surface area contributed by atoms with E-state index in [1.807, 2.05) is 6.07 Å². The molecule has 0 radical (unpaired) electrons. The Morgan fingerprint density at radius 3 is 3.00 bits per heavy atom. The predicted molar refractivity (Wildman–Crippen MR) is 61.6 cm³/mol. The third-order valence-electron chi connectivity index (χ3n) is 2.75. The molecule has 0 heterocycles. The van der Waals surface area contributed by atoms with E-state index in [1.54, 1.807) is 13.0 Å². The van der Waals surface area contributed by atoms with E-state index in [0.717, 1.165) is 12.0 Å². The van der Waals surface area contributed by atoms with Gasteiger partial charge in [0.05, 0.1) is 17.0 Å².